The van der Waals surface area contributed by atoms with E-state index in [9.17, 15) is 13.2 Å². The van der Waals surface area contributed by atoms with Crippen LogP contribution < -0.4 is 5.32 Å². The second-order valence-corrected chi connectivity index (χ2v) is 11.7. The van der Waals surface area contributed by atoms with E-state index in [2.05, 4.69) is 37.2 Å². The maximum Gasteiger partial charge on any atom is 0.254 e. The molecule has 0 radical (unpaired) electrons. The third kappa shape index (κ3) is 4.94. The zero-order chi connectivity index (χ0) is 19.6. The van der Waals surface area contributed by atoms with Crippen LogP contribution in [-0.4, -0.2) is 31.2 Å². The fraction of sp³-hybridized carbons (Fsp3) is 0.353. The van der Waals surface area contributed by atoms with Crippen LogP contribution in [0, 0.1) is 0 Å². The molecule has 10 heteroatoms. The largest absolute Gasteiger partial charge is 0.355 e. The molecular weight excluding hydrogens is 540 g/mol. The summed E-state index contributed by atoms with van der Waals surface area (Å²) < 4.78 is 30.0. The highest BCUT2D eigenvalue weighted by Crippen LogP contribution is 2.38. The van der Waals surface area contributed by atoms with Crippen LogP contribution in [0.25, 0.3) is 0 Å². The van der Waals surface area contributed by atoms with E-state index in [-0.39, 0.29) is 16.7 Å². The Morgan fingerprint density at radius 1 is 1.22 bits per heavy atom. The van der Waals surface area contributed by atoms with Crippen LogP contribution in [0.4, 0.5) is 0 Å². The van der Waals surface area contributed by atoms with Crippen molar-refractivity contribution in [2.75, 3.05) is 6.54 Å². The summed E-state index contributed by atoms with van der Waals surface area (Å²) in [5.41, 5.74) is 0.803. The monoisotopic (exact) mass is 554 g/mol. The summed E-state index contributed by atoms with van der Waals surface area (Å²) in [5.74, 6) is -0.257. The number of sulfonamides is 1. The summed E-state index contributed by atoms with van der Waals surface area (Å²) in [6, 6.07) is 8.20. The van der Waals surface area contributed by atoms with Crippen molar-refractivity contribution in [3.63, 3.8) is 0 Å². The van der Waals surface area contributed by atoms with Crippen molar-refractivity contribution in [2.24, 2.45) is 0 Å². The van der Waals surface area contributed by atoms with Crippen molar-refractivity contribution in [3.05, 3.63) is 49.2 Å². The van der Waals surface area contributed by atoms with Gasteiger partial charge in [0.15, 0.2) is 4.21 Å². The van der Waals surface area contributed by atoms with Gasteiger partial charge in [-0.2, -0.15) is 4.31 Å². The minimum atomic E-state index is -3.92. The van der Waals surface area contributed by atoms with Gasteiger partial charge in [0.05, 0.1) is 8.81 Å². The van der Waals surface area contributed by atoms with Crippen molar-refractivity contribution in [1.29, 1.82) is 0 Å². The van der Waals surface area contributed by atoms with Gasteiger partial charge < -0.3 is 5.32 Å². The van der Waals surface area contributed by atoms with E-state index in [4.69, 9.17) is 11.6 Å². The first kappa shape index (κ1) is 21.3. The maximum absolute atomic E-state index is 13.5. The van der Waals surface area contributed by atoms with E-state index in [1.165, 1.54) is 4.31 Å². The van der Waals surface area contributed by atoms with E-state index < -0.39 is 16.1 Å². The third-order valence-electron chi connectivity index (χ3n) is 4.27. The Kier molecular flexibility index (Phi) is 7.02. The quantitative estimate of drug-likeness (QED) is 0.576. The van der Waals surface area contributed by atoms with Crippen molar-refractivity contribution in [3.8, 4) is 0 Å². The molecule has 1 aliphatic heterocycles. The van der Waals surface area contributed by atoms with Crippen LogP contribution in [0.15, 0.2) is 43.5 Å². The molecule has 0 spiro atoms. The Morgan fingerprint density at radius 3 is 2.56 bits per heavy atom. The molecule has 1 aromatic carbocycles. The summed E-state index contributed by atoms with van der Waals surface area (Å²) in [6.07, 6.45) is 2.10. The van der Waals surface area contributed by atoms with E-state index >= 15 is 0 Å². The molecule has 1 aromatic heterocycles. The standard InChI is InChI=1S/C17H17Br2ClN2O3S2/c18-12-6-4-11(5-7-12)10-22(14-3-1-2-8-21-16(14)23)27(24,25)17-13(19)9-15(20)26-17/h4-7,9,14H,1-3,8,10H2,(H,21,23)/t14-/m1/s1. The molecule has 5 nitrogen and oxygen atoms in total. The second-order valence-electron chi connectivity index (χ2n) is 6.17. The molecule has 0 aliphatic carbocycles. The molecular formula is C17H17Br2ClN2O3S2. The fourth-order valence-corrected chi connectivity index (χ4v) is 7.91. The second kappa shape index (κ2) is 8.92. The average molecular weight is 557 g/mol. The molecule has 1 atom stereocenters. The number of halogens is 3. The highest BCUT2D eigenvalue weighted by Gasteiger charge is 2.38. The molecule has 1 N–H and O–H groups in total. The minimum absolute atomic E-state index is 0.107. The Bertz CT molecular complexity index is 932. The lowest BCUT2D eigenvalue weighted by molar-refractivity contribution is -0.124. The summed E-state index contributed by atoms with van der Waals surface area (Å²) in [5, 5.41) is 2.83. The van der Waals surface area contributed by atoms with Crippen LogP contribution in [0.5, 0.6) is 0 Å². The van der Waals surface area contributed by atoms with Gasteiger partial charge in [0.2, 0.25) is 5.91 Å². The van der Waals surface area contributed by atoms with Gasteiger partial charge in [-0.1, -0.05) is 39.7 Å². The summed E-state index contributed by atoms with van der Waals surface area (Å²) in [4.78, 5) is 12.6. The molecule has 3 rings (SSSR count). The molecule has 1 aliphatic rings. The van der Waals surface area contributed by atoms with E-state index in [1.54, 1.807) is 6.07 Å². The number of nitrogens with zero attached hydrogens (tertiary/aromatic N) is 1. The molecule has 2 heterocycles. The van der Waals surface area contributed by atoms with Crippen molar-refractivity contribution in [2.45, 2.75) is 36.1 Å². The number of hydrogen-bond acceptors (Lipinski definition) is 4. The lowest BCUT2D eigenvalue weighted by Crippen LogP contribution is -2.48. The number of rotatable bonds is 5. The van der Waals surface area contributed by atoms with Crippen molar-refractivity contribution < 1.29 is 13.2 Å². The van der Waals surface area contributed by atoms with Crippen molar-refractivity contribution in [1.82, 2.24) is 9.62 Å². The van der Waals surface area contributed by atoms with Crippen LogP contribution in [-0.2, 0) is 21.4 Å². The average Bonchev–Trinajstić information content (AvgIpc) is 2.83. The number of carbonyl (C=O) groups is 1. The Balaban J connectivity index is 2.04. The molecule has 27 heavy (non-hydrogen) atoms. The van der Waals surface area contributed by atoms with Crippen molar-refractivity contribution >= 4 is 70.7 Å². The minimum Gasteiger partial charge on any atom is -0.355 e. The number of thiophene rings is 1. The predicted molar refractivity (Wildman–Crippen MR) is 115 cm³/mol. The maximum atomic E-state index is 13.5. The zero-order valence-electron chi connectivity index (χ0n) is 14.1. The SMILES string of the molecule is O=C1NCCCC[C@H]1N(Cc1ccc(Br)cc1)S(=O)(=O)c1sc(Cl)cc1Br. The van der Waals surface area contributed by atoms with Gasteiger partial charge >= 0.3 is 0 Å². The van der Waals surface area contributed by atoms with Gasteiger partial charge in [-0.3, -0.25) is 4.79 Å². The Morgan fingerprint density at radius 2 is 1.93 bits per heavy atom. The zero-order valence-corrected chi connectivity index (χ0v) is 19.7. The summed E-state index contributed by atoms with van der Waals surface area (Å²) in [7, 11) is -3.92. The molecule has 1 fully saturated rings. The van der Waals surface area contributed by atoms with Gasteiger partial charge in [0, 0.05) is 17.6 Å². The first-order chi connectivity index (χ1) is 12.8. The van der Waals surface area contributed by atoms with Gasteiger partial charge in [0.1, 0.15) is 6.04 Å². The first-order valence-electron chi connectivity index (χ1n) is 8.28. The first-order valence-corrected chi connectivity index (χ1v) is 12.5. The summed E-state index contributed by atoms with van der Waals surface area (Å²) >= 11 is 13.7. The van der Waals surface area contributed by atoms with Gasteiger partial charge in [-0.15, -0.1) is 11.3 Å². The van der Waals surface area contributed by atoms with Gasteiger partial charge in [0.25, 0.3) is 10.0 Å². The summed E-state index contributed by atoms with van der Waals surface area (Å²) in [6.45, 7) is 0.672. The molecule has 146 valence electrons. The number of hydrogen-bond donors (Lipinski definition) is 1. The van der Waals surface area contributed by atoms with Crippen LogP contribution in [0.1, 0.15) is 24.8 Å². The third-order valence-corrected chi connectivity index (χ3v) is 9.58. The number of benzene rings is 1. The van der Waals surface area contributed by atoms with Gasteiger partial charge in [-0.25, -0.2) is 8.42 Å². The lowest BCUT2D eigenvalue weighted by Gasteiger charge is -2.28. The number of amides is 1. The highest BCUT2D eigenvalue weighted by atomic mass is 79.9. The highest BCUT2D eigenvalue weighted by molar-refractivity contribution is 9.10. The molecule has 0 bridgehead atoms. The lowest BCUT2D eigenvalue weighted by atomic mass is 10.1. The van der Waals surface area contributed by atoms with Gasteiger partial charge in [-0.05, 0) is 59.0 Å². The van der Waals surface area contributed by atoms with Crippen LogP contribution in [0.2, 0.25) is 4.34 Å². The molecule has 0 unspecified atom stereocenters. The topological polar surface area (TPSA) is 66.5 Å². The predicted octanol–water partition coefficient (Wildman–Crippen LogP) is 4.79. The number of nitrogens with one attached hydrogen (secondary N) is 1. The van der Waals surface area contributed by atoms with E-state index in [1.807, 2.05) is 24.3 Å². The molecule has 1 saturated heterocycles. The Hall–Kier alpha value is -0.450. The normalized spacial score (nSPS) is 18.4. The van der Waals surface area contributed by atoms with Crippen LogP contribution in [0.3, 0.4) is 0 Å². The van der Waals surface area contributed by atoms with E-state index in [0.29, 0.717) is 21.8 Å². The molecule has 2 aromatic rings. The molecule has 0 saturated carbocycles. The van der Waals surface area contributed by atoms with E-state index in [0.717, 1.165) is 34.2 Å². The fourth-order valence-electron chi connectivity index (χ4n) is 2.94. The van der Waals surface area contributed by atoms with Crippen LogP contribution >= 0.6 is 54.8 Å². The smallest absolute Gasteiger partial charge is 0.254 e. The molecule has 1 amide bonds. The Labute approximate surface area is 184 Å². The number of carbonyl (C=O) groups excluding carboxylic acids is 1.